The Balaban J connectivity index is 1.88. The van der Waals surface area contributed by atoms with Gasteiger partial charge in [0.25, 0.3) is 0 Å². The monoisotopic (exact) mass is 266 g/mol. The van der Waals surface area contributed by atoms with E-state index < -0.39 is 17.5 Å². The third-order valence-electron chi connectivity index (χ3n) is 4.55. The van der Waals surface area contributed by atoms with Crippen LogP contribution in [0.5, 0.6) is 0 Å². The first kappa shape index (κ1) is 12.5. The Morgan fingerprint density at radius 2 is 2.00 bits per heavy atom. The quantitative estimate of drug-likeness (QED) is 0.469. The van der Waals surface area contributed by atoms with E-state index >= 15 is 0 Å². The zero-order valence-corrected chi connectivity index (χ0v) is 10.9. The number of fused-ring (bicyclic) bond motifs is 1. The Kier molecular flexibility index (Phi) is 2.80. The fraction of sp³-hybridized carbons (Fsp3) is 0.714. The first-order valence-corrected chi connectivity index (χ1v) is 6.78. The Hall–Kier alpha value is -1.52. The van der Waals surface area contributed by atoms with E-state index in [4.69, 9.17) is 14.6 Å². The molecule has 0 radical (unpaired) electrons. The van der Waals surface area contributed by atoms with E-state index in [9.17, 15) is 9.59 Å². The summed E-state index contributed by atoms with van der Waals surface area (Å²) in [5.41, 5.74) is -1.03. The van der Waals surface area contributed by atoms with Crippen LogP contribution < -0.4 is 0 Å². The average molecular weight is 266 g/mol. The van der Waals surface area contributed by atoms with Crippen LogP contribution in [0.2, 0.25) is 0 Å². The maximum atomic E-state index is 12.2. The number of esters is 2. The number of rotatable bonds is 2. The van der Waals surface area contributed by atoms with Crippen molar-refractivity contribution in [1.82, 2.24) is 0 Å². The number of aliphatic hydroxyl groups excluding tert-OH is 1. The molecule has 2 aliphatic carbocycles. The summed E-state index contributed by atoms with van der Waals surface area (Å²) in [5.74, 6) is -0.245. The van der Waals surface area contributed by atoms with Crippen LogP contribution in [-0.4, -0.2) is 28.8 Å². The Morgan fingerprint density at radius 3 is 2.58 bits per heavy atom. The molecule has 2 atom stereocenters. The third kappa shape index (κ3) is 2.01. The second-order valence-corrected chi connectivity index (χ2v) is 6.07. The Bertz CT molecular complexity index is 439. The van der Waals surface area contributed by atoms with Crippen molar-refractivity contribution in [3.05, 3.63) is 11.8 Å². The minimum atomic E-state index is -1.12. The molecular weight excluding hydrogens is 248 g/mol. The summed E-state index contributed by atoms with van der Waals surface area (Å²) in [5, 5.41) is 8.86. The molecule has 2 heterocycles. The Labute approximate surface area is 111 Å². The van der Waals surface area contributed by atoms with Gasteiger partial charge in [0.05, 0.1) is 11.8 Å². The number of carbonyl (C=O) groups is 2. The SMILES string of the molecule is C/C(=C\O)C(=O)OC12CC3CC(CC(C3)OC1=O)C2. The molecule has 2 unspecified atom stereocenters. The van der Waals surface area contributed by atoms with Gasteiger partial charge >= 0.3 is 11.9 Å². The molecule has 4 fully saturated rings. The van der Waals surface area contributed by atoms with Crippen LogP contribution in [0.3, 0.4) is 0 Å². The molecule has 0 spiro atoms. The summed E-state index contributed by atoms with van der Waals surface area (Å²) < 4.78 is 10.9. The first-order chi connectivity index (χ1) is 9.02. The summed E-state index contributed by atoms with van der Waals surface area (Å²) >= 11 is 0. The van der Waals surface area contributed by atoms with Crippen molar-refractivity contribution in [2.45, 2.75) is 50.7 Å². The molecular formula is C14H18O5. The number of hydrogen-bond acceptors (Lipinski definition) is 5. The normalized spacial score (nSPS) is 40.8. The maximum absolute atomic E-state index is 12.2. The third-order valence-corrected chi connectivity index (χ3v) is 4.55. The lowest BCUT2D eigenvalue weighted by Gasteiger charge is -2.41. The van der Waals surface area contributed by atoms with Gasteiger partial charge in [0.1, 0.15) is 6.10 Å². The fourth-order valence-corrected chi connectivity index (χ4v) is 3.81. The van der Waals surface area contributed by atoms with Gasteiger partial charge in [-0.25, -0.2) is 9.59 Å². The van der Waals surface area contributed by atoms with E-state index in [1.54, 1.807) is 0 Å². The van der Waals surface area contributed by atoms with Crippen LogP contribution in [0.25, 0.3) is 0 Å². The van der Waals surface area contributed by atoms with Crippen LogP contribution in [0.15, 0.2) is 11.8 Å². The molecule has 0 aromatic carbocycles. The van der Waals surface area contributed by atoms with Crippen LogP contribution in [-0.2, 0) is 19.1 Å². The van der Waals surface area contributed by atoms with E-state index in [0.29, 0.717) is 30.9 Å². The first-order valence-electron chi connectivity index (χ1n) is 6.78. The van der Waals surface area contributed by atoms with Crippen LogP contribution in [0.4, 0.5) is 0 Å². The molecule has 0 amide bonds. The van der Waals surface area contributed by atoms with Crippen molar-refractivity contribution in [3.63, 3.8) is 0 Å². The standard InChI is InChI=1S/C14H18O5/c1-8(7-15)12(16)19-14-5-9-2-10(6-14)4-11(3-9)18-13(14)17/h7,9-11,15H,2-6H2,1H3/b8-7+. The van der Waals surface area contributed by atoms with E-state index in [2.05, 4.69) is 0 Å². The highest BCUT2D eigenvalue weighted by atomic mass is 16.6. The van der Waals surface area contributed by atoms with Gasteiger partial charge in [-0.2, -0.15) is 0 Å². The van der Waals surface area contributed by atoms with Crippen molar-refractivity contribution in [2.75, 3.05) is 0 Å². The highest BCUT2D eigenvalue weighted by Crippen LogP contribution is 2.50. The largest absolute Gasteiger partial charge is 0.515 e. The minimum Gasteiger partial charge on any atom is -0.515 e. The zero-order chi connectivity index (χ0) is 13.6. The predicted molar refractivity (Wildman–Crippen MR) is 65.2 cm³/mol. The van der Waals surface area contributed by atoms with Gasteiger partial charge in [-0.05, 0) is 38.0 Å². The molecule has 5 heteroatoms. The minimum absolute atomic E-state index is 0.00573. The molecule has 104 valence electrons. The van der Waals surface area contributed by atoms with Gasteiger partial charge in [0.15, 0.2) is 0 Å². The van der Waals surface area contributed by atoms with Gasteiger partial charge in [-0.15, -0.1) is 0 Å². The second-order valence-electron chi connectivity index (χ2n) is 6.07. The second kappa shape index (κ2) is 4.25. The summed E-state index contributed by atoms with van der Waals surface area (Å²) in [6, 6.07) is 0. The van der Waals surface area contributed by atoms with Crippen LogP contribution in [0, 0.1) is 11.8 Å². The van der Waals surface area contributed by atoms with Crippen molar-refractivity contribution in [1.29, 1.82) is 0 Å². The van der Waals surface area contributed by atoms with Crippen molar-refractivity contribution < 1.29 is 24.2 Å². The van der Waals surface area contributed by atoms with Gasteiger partial charge < -0.3 is 14.6 Å². The Morgan fingerprint density at radius 1 is 1.37 bits per heavy atom. The average Bonchev–Trinajstić information content (AvgIpc) is 2.49. The molecule has 4 rings (SSSR count). The van der Waals surface area contributed by atoms with Gasteiger partial charge in [0, 0.05) is 12.8 Å². The van der Waals surface area contributed by atoms with E-state index in [1.165, 1.54) is 6.92 Å². The van der Waals surface area contributed by atoms with Gasteiger partial charge in [0.2, 0.25) is 5.60 Å². The van der Waals surface area contributed by atoms with E-state index in [-0.39, 0.29) is 11.7 Å². The molecule has 0 aromatic rings. The van der Waals surface area contributed by atoms with Crippen molar-refractivity contribution in [3.8, 4) is 0 Å². The fourth-order valence-electron chi connectivity index (χ4n) is 3.81. The van der Waals surface area contributed by atoms with Gasteiger partial charge in [-0.3, -0.25) is 0 Å². The number of hydrogen-bond donors (Lipinski definition) is 1. The molecule has 0 aromatic heterocycles. The molecule has 19 heavy (non-hydrogen) atoms. The molecule has 2 saturated heterocycles. The summed E-state index contributed by atoms with van der Waals surface area (Å²) in [7, 11) is 0. The smallest absolute Gasteiger partial charge is 0.350 e. The summed E-state index contributed by atoms with van der Waals surface area (Å²) in [4.78, 5) is 24.1. The number of aliphatic hydroxyl groups is 1. The highest BCUT2D eigenvalue weighted by Gasteiger charge is 2.56. The maximum Gasteiger partial charge on any atom is 0.350 e. The van der Waals surface area contributed by atoms with Gasteiger partial charge in [-0.1, -0.05) is 0 Å². The summed E-state index contributed by atoms with van der Waals surface area (Å²) in [6.45, 7) is 1.46. The van der Waals surface area contributed by atoms with Crippen molar-refractivity contribution in [2.24, 2.45) is 11.8 Å². The molecule has 2 aliphatic heterocycles. The molecule has 1 N–H and O–H groups in total. The highest BCUT2D eigenvalue weighted by molar-refractivity contribution is 5.91. The van der Waals surface area contributed by atoms with Crippen LogP contribution in [0.1, 0.15) is 39.0 Å². The number of ether oxygens (including phenoxy) is 2. The molecule has 4 bridgehead atoms. The van der Waals surface area contributed by atoms with Crippen molar-refractivity contribution >= 4 is 11.9 Å². The molecule has 2 saturated carbocycles. The molecule has 4 aliphatic rings. The summed E-state index contributed by atoms with van der Waals surface area (Å²) in [6.07, 6.45) is 4.69. The number of carbonyl (C=O) groups excluding carboxylic acids is 2. The topological polar surface area (TPSA) is 72.8 Å². The lowest BCUT2D eigenvalue weighted by Crippen LogP contribution is -2.48. The van der Waals surface area contributed by atoms with Crippen LogP contribution >= 0.6 is 0 Å². The van der Waals surface area contributed by atoms with E-state index in [0.717, 1.165) is 19.3 Å². The lowest BCUT2D eigenvalue weighted by atomic mass is 9.66. The zero-order valence-electron chi connectivity index (χ0n) is 10.9. The van der Waals surface area contributed by atoms with E-state index in [1.807, 2.05) is 0 Å². The predicted octanol–water partition coefficient (Wildman–Crippen LogP) is 1.87. The molecule has 5 nitrogen and oxygen atoms in total. The lowest BCUT2D eigenvalue weighted by molar-refractivity contribution is -0.183.